The predicted molar refractivity (Wildman–Crippen MR) is 82.0 cm³/mol. The van der Waals surface area contributed by atoms with Crippen molar-refractivity contribution >= 4 is 21.6 Å². The maximum Gasteiger partial charge on any atom is 0.0382 e. The molecule has 1 saturated heterocycles. The van der Waals surface area contributed by atoms with Crippen LogP contribution in [0.3, 0.4) is 0 Å². The normalized spacial score (nSPS) is 23.1. The van der Waals surface area contributed by atoms with Gasteiger partial charge in [0, 0.05) is 22.2 Å². The third-order valence-corrected chi connectivity index (χ3v) is 4.52. The molecule has 2 N–H and O–H groups in total. The van der Waals surface area contributed by atoms with Crippen LogP contribution in [0.25, 0.3) is 0 Å². The second kappa shape index (κ2) is 5.62. The average molecular weight is 311 g/mol. The van der Waals surface area contributed by atoms with Crippen LogP contribution >= 0.6 is 15.9 Å². The lowest BCUT2D eigenvalue weighted by atomic mass is 9.83. The molecule has 1 aliphatic heterocycles. The van der Waals surface area contributed by atoms with Crippen molar-refractivity contribution in [3.8, 4) is 0 Å². The van der Waals surface area contributed by atoms with Gasteiger partial charge >= 0.3 is 0 Å². The molecule has 2 nitrogen and oxygen atoms in total. The summed E-state index contributed by atoms with van der Waals surface area (Å²) in [6, 6.07) is 8.61. The number of rotatable bonds is 3. The van der Waals surface area contributed by atoms with E-state index in [1.165, 1.54) is 18.5 Å². The summed E-state index contributed by atoms with van der Waals surface area (Å²) in [4.78, 5) is 2.54. The van der Waals surface area contributed by atoms with Gasteiger partial charge in [0.15, 0.2) is 0 Å². The van der Waals surface area contributed by atoms with Gasteiger partial charge in [-0.1, -0.05) is 22.0 Å². The zero-order valence-corrected chi connectivity index (χ0v) is 12.9. The fraction of sp³-hybridized carbons (Fsp3) is 0.600. The first kappa shape index (κ1) is 13.9. The van der Waals surface area contributed by atoms with Gasteiger partial charge in [0.25, 0.3) is 0 Å². The van der Waals surface area contributed by atoms with Gasteiger partial charge in [-0.3, -0.25) is 0 Å². The van der Waals surface area contributed by atoms with Crippen LogP contribution in [0.1, 0.15) is 33.1 Å². The maximum absolute atomic E-state index is 5.71. The molecule has 0 spiro atoms. The van der Waals surface area contributed by atoms with Crippen molar-refractivity contribution in [2.24, 2.45) is 11.7 Å². The van der Waals surface area contributed by atoms with Gasteiger partial charge < -0.3 is 10.6 Å². The Bertz CT molecular complexity index is 403. The van der Waals surface area contributed by atoms with Gasteiger partial charge in [0.05, 0.1) is 0 Å². The standard InChI is InChI=1S/C15H23BrN2/c1-15(2)8-6-12(7-9-17)11-18(15)14-5-3-4-13(16)10-14/h3-5,10,12H,6-9,11,17H2,1-2H3. The van der Waals surface area contributed by atoms with Crippen LogP contribution in [-0.2, 0) is 0 Å². The zero-order chi connectivity index (χ0) is 13.2. The lowest BCUT2D eigenvalue weighted by Crippen LogP contribution is -2.50. The fourth-order valence-corrected chi connectivity index (χ4v) is 3.25. The molecule has 100 valence electrons. The van der Waals surface area contributed by atoms with Gasteiger partial charge in [0.1, 0.15) is 0 Å². The Hall–Kier alpha value is -0.540. The van der Waals surface area contributed by atoms with Gasteiger partial charge in [-0.25, -0.2) is 0 Å². The van der Waals surface area contributed by atoms with Crippen LogP contribution in [0.5, 0.6) is 0 Å². The fourth-order valence-electron chi connectivity index (χ4n) is 2.86. The van der Waals surface area contributed by atoms with Crippen LogP contribution in [0.2, 0.25) is 0 Å². The molecule has 1 atom stereocenters. The Kier molecular flexibility index (Phi) is 4.33. The summed E-state index contributed by atoms with van der Waals surface area (Å²) in [6.07, 6.45) is 3.68. The van der Waals surface area contributed by atoms with E-state index in [9.17, 15) is 0 Å². The van der Waals surface area contributed by atoms with Crippen LogP contribution in [0.4, 0.5) is 5.69 Å². The summed E-state index contributed by atoms with van der Waals surface area (Å²) in [5, 5.41) is 0. The van der Waals surface area contributed by atoms with E-state index in [0.29, 0.717) is 0 Å². The predicted octanol–water partition coefficient (Wildman–Crippen LogP) is 3.79. The zero-order valence-electron chi connectivity index (χ0n) is 11.3. The third-order valence-electron chi connectivity index (χ3n) is 4.03. The molecule has 0 amide bonds. The monoisotopic (exact) mass is 310 g/mol. The molecule has 1 aromatic carbocycles. The van der Waals surface area contributed by atoms with Gasteiger partial charge in [-0.15, -0.1) is 0 Å². The van der Waals surface area contributed by atoms with Crippen molar-refractivity contribution in [1.29, 1.82) is 0 Å². The van der Waals surface area contributed by atoms with Crippen molar-refractivity contribution in [2.75, 3.05) is 18.0 Å². The largest absolute Gasteiger partial charge is 0.366 e. The number of nitrogens with zero attached hydrogens (tertiary/aromatic N) is 1. The highest BCUT2D eigenvalue weighted by Crippen LogP contribution is 2.36. The molecule has 1 aromatic rings. The highest BCUT2D eigenvalue weighted by Gasteiger charge is 2.33. The molecule has 1 heterocycles. The quantitative estimate of drug-likeness (QED) is 0.920. The van der Waals surface area contributed by atoms with Crippen LogP contribution in [0.15, 0.2) is 28.7 Å². The van der Waals surface area contributed by atoms with E-state index in [1.807, 2.05) is 0 Å². The minimum absolute atomic E-state index is 0.242. The van der Waals surface area contributed by atoms with Crippen molar-refractivity contribution in [2.45, 2.75) is 38.6 Å². The van der Waals surface area contributed by atoms with Crippen LogP contribution in [-0.4, -0.2) is 18.6 Å². The first-order valence-electron chi connectivity index (χ1n) is 6.76. The summed E-state index contributed by atoms with van der Waals surface area (Å²) in [5.41, 5.74) is 7.27. The second-order valence-corrected chi connectivity index (χ2v) is 6.80. The van der Waals surface area contributed by atoms with Crippen LogP contribution in [0, 0.1) is 5.92 Å². The van der Waals surface area contributed by atoms with E-state index in [2.05, 4.69) is 58.9 Å². The summed E-state index contributed by atoms with van der Waals surface area (Å²) in [5.74, 6) is 0.738. The summed E-state index contributed by atoms with van der Waals surface area (Å²) in [7, 11) is 0. The average Bonchev–Trinajstić information content (AvgIpc) is 2.31. The van der Waals surface area contributed by atoms with Gasteiger partial charge in [0.2, 0.25) is 0 Å². The Morgan fingerprint density at radius 2 is 2.22 bits per heavy atom. The molecule has 1 aliphatic rings. The van der Waals surface area contributed by atoms with E-state index in [1.54, 1.807) is 0 Å². The molecule has 0 aliphatic carbocycles. The van der Waals surface area contributed by atoms with E-state index in [0.717, 1.165) is 29.9 Å². The van der Waals surface area contributed by atoms with Gasteiger partial charge in [-0.05, 0) is 63.8 Å². The minimum Gasteiger partial charge on any atom is -0.366 e. The number of hydrogen-bond acceptors (Lipinski definition) is 2. The van der Waals surface area contributed by atoms with Crippen molar-refractivity contribution in [3.05, 3.63) is 28.7 Å². The van der Waals surface area contributed by atoms with Crippen molar-refractivity contribution in [3.63, 3.8) is 0 Å². The molecule has 1 unspecified atom stereocenters. The number of benzene rings is 1. The number of halogens is 1. The maximum atomic E-state index is 5.71. The smallest absolute Gasteiger partial charge is 0.0382 e. The molecule has 0 bridgehead atoms. The lowest BCUT2D eigenvalue weighted by molar-refractivity contribution is 0.282. The molecular formula is C15H23BrN2. The van der Waals surface area contributed by atoms with Crippen LogP contribution < -0.4 is 10.6 Å². The molecule has 0 aromatic heterocycles. The highest BCUT2D eigenvalue weighted by molar-refractivity contribution is 9.10. The first-order valence-corrected chi connectivity index (χ1v) is 7.55. The molecule has 0 radical (unpaired) electrons. The van der Waals surface area contributed by atoms with Crippen molar-refractivity contribution < 1.29 is 0 Å². The van der Waals surface area contributed by atoms with E-state index >= 15 is 0 Å². The molecule has 3 heteroatoms. The number of nitrogens with two attached hydrogens (primary N) is 1. The minimum atomic E-state index is 0.242. The van der Waals surface area contributed by atoms with E-state index < -0.39 is 0 Å². The molecule has 18 heavy (non-hydrogen) atoms. The number of hydrogen-bond donors (Lipinski definition) is 1. The Morgan fingerprint density at radius 3 is 2.89 bits per heavy atom. The van der Waals surface area contributed by atoms with Gasteiger partial charge in [-0.2, -0.15) is 0 Å². The number of piperidine rings is 1. The Morgan fingerprint density at radius 1 is 1.44 bits per heavy atom. The number of anilines is 1. The molecule has 1 fully saturated rings. The Balaban J connectivity index is 2.21. The Labute approximate surface area is 119 Å². The topological polar surface area (TPSA) is 29.3 Å². The van der Waals surface area contributed by atoms with E-state index in [4.69, 9.17) is 5.73 Å². The second-order valence-electron chi connectivity index (χ2n) is 5.88. The molecule has 0 saturated carbocycles. The summed E-state index contributed by atoms with van der Waals surface area (Å²) >= 11 is 3.57. The summed E-state index contributed by atoms with van der Waals surface area (Å²) in [6.45, 7) is 6.61. The molecular weight excluding hydrogens is 288 g/mol. The third kappa shape index (κ3) is 3.07. The SMILES string of the molecule is CC1(C)CCC(CCN)CN1c1cccc(Br)c1. The molecule has 2 rings (SSSR count). The lowest BCUT2D eigenvalue weighted by Gasteiger charge is -2.47. The van der Waals surface area contributed by atoms with Crippen molar-refractivity contribution in [1.82, 2.24) is 0 Å². The first-order chi connectivity index (χ1) is 8.53. The highest BCUT2D eigenvalue weighted by atomic mass is 79.9. The summed E-state index contributed by atoms with van der Waals surface area (Å²) < 4.78 is 1.15. The van der Waals surface area contributed by atoms with E-state index in [-0.39, 0.29) is 5.54 Å².